The molecule has 0 aliphatic carbocycles. The van der Waals surface area contributed by atoms with Gasteiger partial charge in [0.2, 0.25) is 5.95 Å². The first-order valence-electron chi connectivity index (χ1n) is 17.8. The van der Waals surface area contributed by atoms with E-state index in [1.54, 1.807) is 0 Å². The van der Waals surface area contributed by atoms with Crippen molar-refractivity contribution in [2.45, 2.75) is 32.7 Å². The van der Waals surface area contributed by atoms with E-state index < -0.39 is 0 Å². The van der Waals surface area contributed by atoms with Gasteiger partial charge in [0, 0.05) is 47.5 Å². The van der Waals surface area contributed by atoms with Gasteiger partial charge in [0.25, 0.3) is 0 Å². The summed E-state index contributed by atoms with van der Waals surface area (Å²) < 4.78 is 8.95. The molecule has 1 aliphatic heterocycles. The first kappa shape index (κ1) is 31.6. The number of aromatic nitrogens is 3. The van der Waals surface area contributed by atoms with Crippen LogP contribution in [0.4, 0.5) is 17.1 Å². The second-order valence-corrected chi connectivity index (χ2v) is 14.5. The van der Waals surface area contributed by atoms with Crippen molar-refractivity contribution in [1.29, 1.82) is 0 Å². The summed E-state index contributed by atoms with van der Waals surface area (Å²) >= 11 is 0. The number of anilines is 3. The van der Waals surface area contributed by atoms with Gasteiger partial charge >= 0.3 is 0 Å². The summed E-state index contributed by atoms with van der Waals surface area (Å²) in [6, 6.07) is 51.1. The molecule has 0 bridgehead atoms. The highest BCUT2D eigenvalue weighted by Gasteiger charge is 2.27. The number of ether oxygens (including phenoxy) is 1. The van der Waals surface area contributed by atoms with Gasteiger partial charge in [-0.2, -0.15) is 0 Å². The molecular weight excluding hydrogens is 639 g/mol. The Morgan fingerprint density at radius 1 is 0.596 bits per heavy atom. The van der Waals surface area contributed by atoms with Crippen LogP contribution in [0.15, 0.2) is 158 Å². The van der Waals surface area contributed by atoms with E-state index in [2.05, 4.69) is 181 Å². The first-order valence-corrected chi connectivity index (χ1v) is 17.8. The lowest BCUT2D eigenvalue weighted by molar-refractivity contribution is 0.483. The van der Waals surface area contributed by atoms with Crippen LogP contribution in [-0.2, 0) is 12.0 Å². The van der Waals surface area contributed by atoms with Crippen molar-refractivity contribution in [3.05, 3.63) is 169 Å². The molecule has 0 amide bonds. The van der Waals surface area contributed by atoms with Gasteiger partial charge in [-0.25, -0.2) is 9.97 Å². The summed E-state index contributed by atoms with van der Waals surface area (Å²) in [6.07, 6.45) is 3.88. The van der Waals surface area contributed by atoms with Gasteiger partial charge in [-0.05, 0) is 70.1 Å². The van der Waals surface area contributed by atoms with Crippen molar-refractivity contribution in [3.8, 4) is 28.6 Å². The van der Waals surface area contributed by atoms with Crippen molar-refractivity contribution in [3.63, 3.8) is 0 Å². The van der Waals surface area contributed by atoms with Crippen LogP contribution in [0.3, 0.4) is 0 Å². The summed E-state index contributed by atoms with van der Waals surface area (Å²) in [5.74, 6) is 2.15. The fourth-order valence-electron chi connectivity index (χ4n) is 7.23. The minimum atomic E-state index is -0.0369. The predicted octanol–water partition coefficient (Wildman–Crippen LogP) is 11.4. The van der Waals surface area contributed by atoms with Crippen LogP contribution in [-0.4, -0.2) is 21.2 Å². The Balaban J connectivity index is 1.13. The zero-order valence-electron chi connectivity index (χ0n) is 29.6. The predicted molar refractivity (Wildman–Crippen MR) is 213 cm³/mol. The second-order valence-electron chi connectivity index (χ2n) is 14.5. The molecule has 0 saturated carbocycles. The molecule has 0 unspecified atom stereocenters. The number of para-hydroxylation sites is 3. The van der Waals surface area contributed by atoms with Crippen molar-refractivity contribution < 1.29 is 4.74 Å². The largest absolute Gasteiger partial charge is 0.457 e. The fourth-order valence-corrected chi connectivity index (χ4v) is 7.23. The number of fused-ring (bicyclic) bond motifs is 4. The van der Waals surface area contributed by atoms with Crippen molar-refractivity contribution in [1.82, 2.24) is 14.5 Å². The van der Waals surface area contributed by atoms with Gasteiger partial charge in [-0.15, -0.1) is 0 Å². The highest BCUT2D eigenvalue weighted by atomic mass is 16.5. The minimum Gasteiger partial charge on any atom is -0.457 e. The van der Waals surface area contributed by atoms with Gasteiger partial charge in [0.05, 0.1) is 29.1 Å². The van der Waals surface area contributed by atoms with Crippen molar-refractivity contribution >= 4 is 38.9 Å². The third-order valence-electron chi connectivity index (χ3n) is 9.94. The highest BCUT2D eigenvalue weighted by molar-refractivity contribution is 6.09. The molecule has 2 aromatic heterocycles. The summed E-state index contributed by atoms with van der Waals surface area (Å²) in [6.45, 7) is 8.09. The van der Waals surface area contributed by atoms with Crippen LogP contribution in [0.25, 0.3) is 38.9 Å². The molecule has 254 valence electrons. The molecule has 52 heavy (non-hydrogen) atoms. The maximum absolute atomic E-state index is 6.82. The maximum Gasteiger partial charge on any atom is 0.234 e. The Labute approximate surface area is 304 Å². The van der Waals surface area contributed by atoms with Crippen LogP contribution in [0.1, 0.15) is 31.9 Å². The summed E-state index contributed by atoms with van der Waals surface area (Å²) in [7, 11) is 0. The summed E-state index contributed by atoms with van der Waals surface area (Å²) in [5, 5.41) is 2.27. The van der Waals surface area contributed by atoms with Crippen LogP contribution in [0, 0.1) is 0 Å². The average molecular weight is 678 g/mol. The molecule has 6 nitrogen and oxygen atoms in total. The van der Waals surface area contributed by atoms with E-state index in [9.17, 15) is 0 Å². The monoisotopic (exact) mass is 677 g/mol. The van der Waals surface area contributed by atoms with Crippen LogP contribution in [0.5, 0.6) is 11.5 Å². The lowest BCUT2D eigenvalue weighted by Gasteiger charge is -2.23. The molecule has 0 N–H and O–H groups in total. The summed E-state index contributed by atoms with van der Waals surface area (Å²) in [5.41, 5.74) is 10.1. The lowest BCUT2D eigenvalue weighted by Crippen LogP contribution is -2.27. The SMILES string of the molecule is CC(C)(C)c1cnc(-n2c3ccccc3c3ccc(Oc4cc(-c5ccccc5)cc(N5CN(Cc6ccccc6)c6ccccc65)c4)cc32)nc1. The third kappa shape index (κ3) is 5.82. The Morgan fingerprint density at radius 3 is 2.04 bits per heavy atom. The topological polar surface area (TPSA) is 46.4 Å². The van der Waals surface area contributed by atoms with E-state index in [1.165, 1.54) is 16.9 Å². The molecule has 8 aromatic rings. The number of rotatable bonds is 7. The molecule has 3 heterocycles. The van der Waals surface area contributed by atoms with Gasteiger partial charge in [-0.3, -0.25) is 4.57 Å². The molecule has 6 heteroatoms. The smallest absolute Gasteiger partial charge is 0.234 e. The Bertz CT molecular complexity index is 2540. The van der Waals surface area contributed by atoms with Crippen LogP contribution >= 0.6 is 0 Å². The van der Waals surface area contributed by atoms with E-state index in [0.717, 1.165) is 68.9 Å². The van der Waals surface area contributed by atoms with Gasteiger partial charge in [0.15, 0.2) is 0 Å². The van der Waals surface area contributed by atoms with E-state index in [0.29, 0.717) is 5.95 Å². The van der Waals surface area contributed by atoms with E-state index >= 15 is 0 Å². The number of nitrogens with zero attached hydrogens (tertiary/aromatic N) is 5. The maximum atomic E-state index is 6.82. The van der Waals surface area contributed by atoms with Gasteiger partial charge in [0.1, 0.15) is 11.5 Å². The van der Waals surface area contributed by atoms with E-state index in [1.807, 2.05) is 12.4 Å². The fraction of sp³-hybridized carbons (Fsp3) is 0.130. The molecule has 0 atom stereocenters. The molecule has 6 aromatic carbocycles. The Kier molecular flexibility index (Phi) is 7.73. The molecule has 0 radical (unpaired) electrons. The number of hydrogen-bond donors (Lipinski definition) is 0. The number of hydrogen-bond acceptors (Lipinski definition) is 5. The number of benzene rings is 6. The van der Waals surface area contributed by atoms with Gasteiger partial charge < -0.3 is 14.5 Å². The van der Waals surface area contributed by atoms with E-state index in [4.69, 9.17) is 14.7 Å². The standard InChI is InChI=1S/C46H39N5O/c1-46(2,3)35-28-47-45(48-29-35)51-41-19-11-10-18-39(41)40-23-22-37(27-44(40)51)52-38-25-34(33-16-8-5-9-17-33)24-36(26-38)50-31-49(30-32-14-6-4-7-15-32)42-20-12-13-21-43(42)50/h4-29H,30-31H2,1-3H3. The van der Waals surface area contributed by atoms with Crippen molar-refractivity contribution in [2.75, 3.05) is 16.5 Å². The molecule has 0 saturated heterocycles. The molecule has 0 spiro atoms. The van der Waals surface area contributed by atoms with Crippen LogP contribution in [0.2, 0.25) is 0 Å². The third-order valence-corrected chi connectivity index (χ3v) is 9.94. The zero-order chi connectivity index (χ0) is 35.2. The lowest BCUT2D eigenvalue weighted by atomic mass is 9.89. The molecule has 0 fully saturated rings. The minimum absolute atomic E-state index is 0.0369. The first-order chi connectivity index (χ1) is 25.4. The Hall–Kier alpha value is -6.40. The highest BCUT2D eigenvalue weighted by Crippen LogP contribution is 2.44. The molecule has 1 aliphatic rings. The average Bonchev–Trinajstić information content (AvgIpc) is 3.70. The van der Waals surface area contributed by atoms with Crippen LogP contribution < -0.4 is 14.5 Å². The normalized spacial score (nSPS) is 12.8. The summed E-state index contributed by atoms with van der Waals surface area (Å²) in [4.78, 5) is 14.5. The molecular formula is C46H39N5O. The Morgan fingerprint density at radius 2 is 1.27 bits per heavy atom. The molecule has 9 rings (SSSR count). The second kappa shape index (κ2) is 12.7. The zero-order valence-corrected chi connectivity index (χ0v) is 29.6. The van der Waals surface area contributed by atoms with E-state index in [-0.39, 0.29) is 5.41 Å². The van der Waals surface area contributed by atoms with Gasteiger partial charge in [-0.1, -0.05) is 112 Å². The van der Waals surface area contributed by atoms with Crippen molar-refractivity contribution in [2.24, 2.45) is 0 Å². The quantitative estimate of drug-likeness (QED) is 0.168.